The fraction of sp³-hybridized carbons (Fsp3) is 0.405. The summed E-state index contributed by atoms with van der Waals surface area (Å²) in [5, 5.41) is 38.1. The minimum absolute atomic E-state index is 0. The maximum atomic E-state index is 12.4. The number of halogens is 3. The molecule has 2 aliphatic rings. The highest BCUT2D eigenvalue weighted by atomic mass is 127. The van der Waals surface area contributed by atoms with Gasteiger partial charge in [0.25, 0.3) is 0 Å². The Balaban J connectivity index is 0.000000244. The van der Waals surface area contributed by atoms with Crippen LogP contribution in [0.25, 0.3) is 11.3 Å². The van der Waals surface area contributed by atoms with Crippen molar-refractivity contribution in [1.29, 1.82) is 0 Å². The standard InChI is InChI=1S/C18H21ClN4O3.C11H15IN4O2.C7H8BClO3.CH4/c1-9-5-10(19)6-13(24)14(9)15-11-7-23(17(25)26-18(2,3)4)8-12(11)21-16(20)22-15;1-11(2,3)18-10(17)16-4-6-7(5-16)14-9(13)15-8(6)12;1-4-2-5(9)3-6(10)7(4)8(11)12;/h5-6,24H,7-8H2,1-4H3,(H2,20,21,22);4-5H2,1-3H3,(H2,13,14,15);2-3,10-12H,1H3;1H4. The molecule has 0 radical (unpaired) electrons. The van der Waals surface area contributed by atoms with Crippen molar-refractivity contribution < 1.29 is 39.3 Å². The monoisotopic (exact) mass is 940 g/mol. The van der Waals surface area contributed by atoms with Gasteiger partial charge in [-0.2, -0.15) is 0 Å². The highest BCUT2D eigenvalue weighted by Gasteiger charge is 2.33. The second-order valence-electron chi connectivity index (χ2n) is 15.0. The molecule has 308 valence electrons. The molecule has 0 aliphatic carbocycles. The summed E-state index contributed by atoms with van der Waals surface area (Å²) in [4.78, 5) is 44.3. The maximum absolute atomic E-state index is 12.4. The number of nitrogen functional groups attached to an aromatic ring is 2. The van der Waals surface area contributed by atoms with E-state index in [1.54, 1.807) is 24.0 Å². The van der Waals surface area contributed by atoms with Gasteiger partial charge in [-0.3, -0.25) is 9.80 Å². The molecular weight excluding hydrogens is 893 g/mol. The van der Waals surface area contributed by atoms with Crippen LogP contribution in [0.1, 0.15) is 82.6 Å². The Hall–Kier alpha value is -4.37. The molecule has 16 nitrogen and oxygen atoms in total. The summed E-state index contributed by atoms with van der Waals surface area (Å²) in [6, 6.07) is 6.01. The van der Waals surface area contributed by atoms with E-state index >= 15 is 0 Å². The number of rotatable bonds is 2. The topological polar surface area (TPSA) is 244 Å². The van der Waals surface area contributed by atoms with E-state index in [4.69, 9.17) is 54.2 Å². The molecule has 0 spiro atoms. The van der Waals surface area contributed by atoms with Crippen molar-refractivity contribution in [3.8, 4) is 22.8 Å². The zero-order chi connectivity index (χ0) is 42.0. The number of carbonyl (C=O) groups is 2. The number of fused-ring (bicyclic) bond motifs is 2. The Morgan fingerprint density at radius 1 is 0.737 bits per heavy atom. The first kappa shape index (κ1) is 47.0. The minimum atomic E-state index is -1.66. The first-order valence-corrected chi connectivity index (χ1v) is 18.9. The number of benzene rings is 2. The number of aryl methyl sites for hydroxylation is 2. The molecule has 2 aromatic heterocycles. The third-order valence-electron chi connectivity index (χ3n) is 7.96. The van der Waals surface area contributed by atoms with E-state index in [1.807, 2.05) is 48.5 Å². The average molecular weight is 941 g/mol. The van der Waals surface area contributed by atoms with Crippen molar-refractivity contribution in [2.45, 2.75) is 100 Å². The highest BCUT2D eigenvalue weighted by Crippen LogP contribution is 2.39. The summed E-state index contributed by atoms with van der Waals surface area (Å²) in [7, 11) is -1.66. The number of ether oxygens (including phenoxy) is 2. The van der Waals surface area contributed by atoms with Crippen LogP contribution in [0.4, 0.5) is 21.5 Å². The summed E-state index contributed by atoms with van der Waals surface area (Å²) in [5.41, 5.74) is 15.9. The number of nitrogens with zero attached hydrogens (tertiary/aromatic N) is 6. The Morgan fingerprint density at radius 2 is 1.18 bits per heavy atom. The number of carbonyl (C=O) groups excluding carboxylic acids is 2. The van der Waals surface area contributed by atoms with Crippen LogP contribution < -0.4 is 16.9 Å². The third kappa shape index (κ3) is 12.3. The summed E-state index contributed by atoms with van der Waals surface area (Å²) in [6.07, 6.45) is -0.771. The normalized spacial score (nSPS) is 12.9. The lowest BCUT2D eigenvalue weighted by atomic mass is 9.76. The van der Waals surface area contributed by atoms with Gasteiger partial charge in [-0.15, -0.1) is 0 Å². The quantitative estimate of drug-likeness (QED) is 0.0742. The number of aromatic hydroxyl groups is 2. The number of hydrogen-bond acceptors (Lipinski definition) is 14. The van der Waals surface area contributed by atoms with Crippen LogP contribution in [-0.2, 0) is 35.7 Å². The Labute approximate surface area is 355 Å². The number of anilines is 2. The summed E-state index contributed by atoms with van der Waals surface area (Å²) < 4.78 is 11.6. The molecule has 4 aromatic rings. The number of nitrogens with two attached hydrogens (primary N) is 2. The van der Waals surface area contributed by atoms with Crippen LogP contribution in [0.5, 0.6) is 11.5 Å². The van der Waals surface area contributed by atoms with Gasteiger partial charge in [0.2, 0.25) is 11.9 Å². The van der Waals surface area contributed by atoms with E-state index in [-0.39, 0.29) is 55.5 Å². The van der Waals surface area contributed by atoms with Crippen LogP contribution in [0.2, 0.25) is 10.0 Å². The molecule has 2 amide bonds. The summed E-state index contributed by atoms with van der Waals surface area (Å²) in [6.45, 7) is 15.9. The van der Waals surface area contributed by atoms with Crippen molar-refractivity contribution in [2.24, 2.45) is 0 Å². The average Bonchev–Trinajstić information content (AvgIpc) is 3.64. The van der Waals surface area contributed by atoms with Crippen molar-refractivity contribution >= 4 is 82.5 Å². The molecule has 57 heavy (non-hydrogen) atoms. The molecule has 0 bridgehead atoms. The van der Waals surface area contributed by atoms with Crippen molar-refractivity contribution in [3.63, 3.8) is 0 Å². The Kier molecular flexibility index (Phi) is 15.2. The van der Waals surface area contributed by atoms with Crippen LogP contribution in [0, 0.1) is 17.5 Å². The lowest BCUT2D eigenvalue weighted by molar-refractivity contribution is 0.0231. The summed E-state index contributed by atoms with van der Waals surface area (Å²) in [5.74, 6) is 0.128. The number of phenols is 2. The zero-order valence-electron chi connectivity index (χ0n) is 32.1. The first-order chi connectivity index (χ1) is 25.8. The van der Waals surface area contributed by atoms with E-state index in [9.17, 15) is 19.8 Å². The lowest BCUT2D eigenvalue weighted by Crippen LogP contribution is -2.33. The molecule has 20 heteroatoms. The number of hydrogen-bond donors (Lipinski definition) is 6. The molecule has 0 unspecified atom stereocenters. The Morgan fingerprint density at radius 3 is 1.63 bits per heavy atom. The SMILES string of the molecule is C.CC(C)(C)OC(=O)N1Cc2nc(N)nc(I)c2C1.Cc1cc(Cl)cc(O)c1-c1nc(N)nc2c1CN(C(=O)OC(C)(C)C)C2.Cc1cc(Cl)cc(O)c1B(O)O. The van der Waals surface area contributed by atoms with Gasteiger partial charge in [-0.05, 0) is 113 Å². The van der Waals surface area contributed by atoms with Crippen LogP contribution >= 0.6 is 45.8 Å². The third-order valence-corrected chi connectivity index (χ3v) is 9.29. The van der Waals surface area contributed by atoms with Gasteiger partial charge in [0.1, 0.15) is 26.4 Å². The largest absolute Gasteiger partial charge is 0.508 e. The predicted octanol–water partition coefficient (Wildman–Crippen LogP) is 6.23. The van der Waals surface area contributed by atoms with Crippen molar-refractivity contribution in [2.75, 3.05) is 11.5 Å². The molecule has 6 rings (SSSR count). The molecule has 0 saturated carbocycles. The molecule has 2 aliphatic heterocycles. The van der Waals surface area contributed by atoms with E-state index < -0.39 is 24.4 Å². The van der Waals surface area contributed by atoms with Gasteiger partial charge in [-0.1, -0.05) is 30.6 Å². The van der Waals surface area contributed by atoms with Crippen LogP contribution in [-0.4, -0.2) is 80.5 Å². The van der Waals surface area contributed by atoms with Gasteiger partial charge in [0.05, 0.1) is 43.3 Å². The van der Waals surface area contributed by atoms with Crippen LogP contribution in [0.3, 0.4) is 0 Å². The molecule has 0 atom stereocenters. The van der Waals surface area contributed by atoms with Crippen molar-refractivity contribution in [1.82, 2.24) is 29.7 Å². The van der Waals surface area contributed by atoms with E-state index in [0.717, 1.165) is 26.1 Å². The molecule has 8 N–H and O–H groups in total. The van der Waals surface area contributed by atoms with Gasteiger partial charge in [-0.25, -0.2) is 29.5 Å². The van der Waals surface area contributed by atoms with Gasteiger partial charge < -0.3 is 41.2 Å². The fourth-order valence-electron chi connectivity index (χ4n) is 5.73. The number of aromatic nitrogens is 4. The summed E-state index contributed by atoms with van der Waals surface area (Å²) >= 11 is 13.7. The minimum Gasteiger partial charge on any atom is -0.508 e. The number of amides is 2. The molecule has 0 saturated heterocycles. The molecule has 0 fully saturated rings. The smallest absolute Gasteiger partial charge is 0.492 e. The van der Waals surface area contributed by atoms with Gasteiger partial charge in [0, 0.05) is 32.2 Å². The highest BCUT2D eigenvalue weighted by molar-refractivity contribution is 14.1. The van der Waals surface area contributed by atoms with Gasteiger partial charge in [0.15, 0.2) is 0 Å². The zero-order valence-corrected chi connectivity index (χ0v) is 35.8. The Bertz CT molecular complexity index is 2100. The maximum Gasteiger partial charge on any atom is 0.492 e. The predicted molar refractivity (Wildman–Crippen MR) is 228 cm³/mol. The lowest BCUT2D eigenvalue weighted by Gasteiger charge is -2.24. The van der Waals surface area contributed by atoms with Crippen LogP contribution in [0.15, 0.2) is 24.3 Å². The first-order valence-electron chi connectivity index (χ1n) is 17.1. The second-order valence-corrected chi connectivity index (χ2v) is 16.9. The molecule has 2 aromatic carbocycles. The fourth-order valence-corrected chi connectivity index (χ4v) is 6.99. The van der Waals surface area contributed by atoms with E-state index in [0.29, 0.717) is 45.6 Å². The molecular formula is C37H48BCl2IN8O8. The van der Waals surface area contributed by atoms with E-state index in [2.05, 4.69) is 42.5 Å². The second kappa shape index (κ2) is 18.5. The van der Waals surface area contributed by atoms with Crippen molar-refractivity contribution in [3.05, 3.63) is 71.7 Å². The van der Waals surface area contributed by atoms with E-state index in [1.165, 1.54) is 17.0 Å². The molecule has 4 heterocycles. The number of phenolic OH excluding ortho intramolecular Hbond substituents is 2. The van der Waals surface area contributed by atoms with Gasteiger partial charge >= 0.3 is 19.3 Å².